The number of phosphoric acid groups is 1. The molecule has 1 atom stereocenters. The summed E-state index contributed by atoms with van der Waals surface area (Å²) in [6, 6.07) is 0. The Morgan fingerprint density at radius 1 is 1.19 bits per heavy atom. The van der Waals surface area contributed by atoms with Gasteiger partial charge in [0.2, 0.25) is 0 Å². The fourth-order valence-electron chi connectivity index (χ4n) is 0.808. The number of rotatable bonds is 5. The van der Waals surface area contributed by atoms with Gasteiger partial charge in [0.1, 0.15) is 0 Å². The van der Waals surface area contributed by atoms with Crippen LogP contribution in [0, 0.1) is 24.7 Å². The van der Waals surface area contributed by atoms with E-state index in [0.717, 1.165) is 0 Å². The molecular weight excluding hydrogens is 248 g/mol. The minimum atomic E-state index is -5.46. The molecule has 0 aromatic carbocycles. The average molecular weight is 256 g/mol. The molecule has 0 aliphatic carbocycles. The van der Waals surface area contributed by atoms with E-state index in [-0.39, 0.29) is 0 Å². The maximum atomic E-state index is 13.6. The van der Waals surface area contributed by atoms with Crippen LogP contribution in [0.4, 0.5) is 13.2 Å². The number of terminal acetylenes is 2. The van der Waals surface area contributed by atoms with Crippen LogP contribution in [0.1, 0.15) is 12.8 Å². The molecule has 0 spiro atoms. The van der Waals surface area contributed by atoms with E-state index in [2.05, 4.69) is 17.4 Å². The molecule has 0 aliphatic rings. The van der Waals surface area contributed by atoms with Crippen molar-refractivity contribution in [2.24, 2.45) is 0 Å². The van der Waals surface area contributed by atoms with Crippen LogP contribution in [-0.4, -0.2) is 21.6 Å². The molecule has 2 N–H and O–H groups in total. The summed E-state index contributed by atoms with van der Waals surface area (Å²) in [7, 11) is -5.46. The van der Waals surface area contributed by atoms with Crippen molar-refractivity contribution in [3.05, 3.63) is 0 Å². The molecular formula is C8H8F3O4P. The summed E-state index contributed by atoms with van der Waals surface area (Å²) in [4.78, 5) is 16.6. The van der Waals surface area contributed by atoms with E-state index in [9.17, 15) is 17.7 Å². The van der Waals surface area contributed by atoms with Crippen LogP contribution in [-0.2, 0) is 9.09 Å². The summed E-state index contributed by atoms with van der Waals surface area (Å²) in [5.41, 5.74) is 0. The molecule has 0 aromatic heterocycles. The Balaban J connectivity index is 5.20. The third kappa shape index (κ3) is 3.88. The highest BCUT2D eigenvalue weighted by Gasteiger charge is 2.58. The first-order valence-electron chi connectivity index (χ1n) is 3.78. The lowest BCUT2D eigenvalue weighted by Crippen LogP contribution is -2.45. The lowest BCUT2D eigenvalue weighted by Gasteiger charge is -2.30. The summed E-state index contributed by atoms with van der Waals surface area (Å²) in [6.07, 6.45) is 6.45. The van der Waals surface area contributed by atoms with Crippen molar-refractivity contribution in [1.29, 1.82) is 0 Å². The van der Waals surface area contributed by atoms with Crippen molar-refractivity contribution in [2.75, 3.05) is 0 Å². The first kappa shape index (κ1) is 15.0. The molecule has 0 amide bonds. The zero-order valence-corrected chi connectivity index (χ0v) is 8.76. The maximum Gasteiger partial charge on any atom is 0.472 e. The Morgan fingerprint density at radius 2 is 1.62 bits per heavy atom. The van der Waals surface area contributed by atoms with Crippen molar-refractivity contribution in [1.82, 2.24) is 0 Å². The van der Waals surface area contributed by atoms with Crippen molar-refractivity contribution in [3.63, 3.8) is 0 Å². The smallest absolute Gasteiger partial charge is 0.303 e. The molecule has 4 nitrogen and oxygen atoms in total. The molecule has 16 heavy (non-hydrogen) atoms. The van der Waals surface area contributed by atoms with Gasteiger partial charge in [-0.05, 0) is 0 Å². The molecule has 8 heteroatoms. The van der Waals surface area contributed by atoms with Crippen molar-refractivity contribution >= 4 is 7.82 Å². The molecule has 0 radical (unpaired) electrons. The van der Waals surface area contributed by atoms with Crippen LogP contribution in [0.25, 0.3) is 0 Å². The lowest BCUT2D eigenvalue weighted by molar-refractivity contribution is -0.236. The van der Waals surface area contributed by atoms with Crippen LogP contribution in [0.15, 0.2) is 0 Å². The zero-order chi connectivity index (χ0) is 13.0. The Labute approximate surface area is 90.0 Å². The minimum Gasteiger partial charge on any atom is -0.303 e. The second-order valence-electron chi connectivity index (χ2n) is 2.78. The summed E-state index contributed by atoms with van der Waals surface area (Å²) in [5, 5.41) is 0. The Bertz CT molecular complexity index is 378. The second-order valence-corrected chi connectivity index (χ2v) is 3.94. The van der Waals surface area contributed by atoms with Crippen LogP contribution >= 0.6 is 7.82 Å². The minimum absolute atomic E-state index is 1.34. The van der Waals surface area contributed by atoms with Crippen molar-refractivity contribution in [3.8, 4) is 24.7 Å². The molecule has 0 bridgehead atoms. The van der Waals surface area contributed by atoms with Crippen LogP contribution < -0.4 is 0 Å². The highest BCUT2D eigenvalue weighted by atomic mass is 31.2. The average Bonchev–Trinajstić information content (AvgIpc) is 2.00. The highest BCUT2D eigenvalue weighted by Crippen LogP contribution is 2.50. The first-order chi connectivity index (χ1) is 7.08. The first-order valence-corrected chi connectivity index (χ1v) is 5.31. The fourth-order valence-corrected chi connectivity index (χ4v) is 1.38. The molecule has 0 saturated heterocycles. The molecule has 0 aromatic rings. The summed E-state index contributed by atoms with van der Waals surface area (Å²) < 4.78 is 53.5. The molecule has 0 heterocycles. The predicted octanol–water partition coefficient (Wildman–Crippen LogP) is 1.44. The van der Waals surface area contributed by atoms with Gasteiger partial charge >= 0.3 is 13.7 Å². The largest absolute Gasteiger partial charge is 0.472 e. The van der Waals surface area contributed by atoms with Gasteiger partial charge in [-0.3, -0.25) is 0 Å². The van der Waals surface area contributed by atoms with Crippen LogP contribution in [0.3, 0.4) is 0 Å². The van der Waals surface area contributed by atoms with E-state index in [1.165, 1.54) is 11.8 Å². The number of phosphoric ester groups is 1. The SMILES string of the molecule is C#CCC(F)(F)C(F)(CC#C)OP(=O)(O)O. The molecule has 0 rings (SSSR count). The molecule has 90 valence electrons. The van der Waals surface area contributed by atoms with Gasteiger partial charge < -0.3 is 9.79 Å². The normalized spacial score (nSPS) is 15.9. The van der Waals surface area contributed by atoms with Crippen LogP contribution in [0.5, 0.6) is 0 Å². The highest BCUT2D eigenvalue weighted by molar-refractivity contribution is 7.46. The predicted molar refractivity (Wildman–Crippen MR) is 48.8 cm³/mol. The van der Waals surface area contributed by atoms with Crippen LogP contribution in [0.2, 0.25) is 0 Å². The Morgan fingerprint density at radius 3 is 1.94 bits per heavy atom. The standard InChI is InChI=1S/C8H8F3O4P/c1-3-5-7(9,10)8(11,6-4-2)15-16(12,13)14/h1-2H,5-6H2,(H2,12,13,14). The topological polar surface area (TPSA) is 66.8 Å². The third-order valence-electron chi connectivity index (χ3n) is 1.46. The van der Waals surface area contributed by atoms with Gasteiger partial charge in [0.15, 0.2) is 0 Å². The van der Waals surface area contributed by atoms with E-state index in [1.54, 1.807) is 0 Å². The summed E-state index contributed by atoms with van der Waals surface area (Å²) in [6.45, 7) is 0. The fraction of sp³-hybridized carbons (Fsp3) is 0.500. The molecule has 0 saturated carbocycles. The zero-order valence-electron chi connectivity index (χ0n) is 7.86. The van der Waals surface area contributed by atoms with Gasteiger partial charge in [0.25, 0.3) is 5.85 Å². The molecule has 1 unspecified atom stereocenters. The van der Waals surface area contributed by atoms with Gasteiger partial charge in [-0.15, -0.1) is 24.7 Å². The van der Waals surface area contributed by atoms with Gasteiger partial charge in [-0.2, -0.15) is 8.78 Å². The van der Waals surface area contributed by atoms with E-state index in [0.29, 0.717) is 0 Å². The summed E-state index contributed by atoms with van der Waals surface area (Å²) >= 11 is 0. The number of hydrogen-bond donors (Lipinski definition) is 2. The summed E-state index contributed by atoms with van der Waals surface area (Å²) in [5.74, 6) is -5.32. The van der Waals surface area contributed by atoms with Crippen molar-refractivity contribution < 1.29 is 32.0 Å². The number of hydrogen-bond acceptors (Lipinski definition) is 2. The monoisotopic (exact) mass is 256 g/mol. The number of alkyl halides is 3. The third-order valence-corrected chi connectivity index (χ3v) is 1.99. The number of halogens is 3. The van der Waals surface area contributed by atoms with Gasteiger partial charge in [0, 0.05) is 0 Å². The quantitative estimate of drug-likeness (QED) is 0.577. The van der Waals surface area contributed by atoms with E-state index >= 15 is 0 Å². The van der Waals surface area contributed by atoms with Gasteiger partial charge in [-0.25, -0.2) is 13.5 Å². The second kappa shape index (κ2) is 4.90. The van der Waals surface area contributed by atoms with E-state index in [4.69, 9.17) is 9.79 Å². The maximum absolute atomic E-state index is 13.6. The lowest BCUT2D eigenvalue weighted by atomic mass is 10.0. The van der Waals surface area contributed by atoms with E-state index in [1.807, 2.05) is 0 Å². The Kier molecular flexibility index (Phi) is 4.60. The van der Waals surface area contributed by atoms with Crippen molar-refractivity contribution in [2.45, 2.75) is 24.6 Å². The molecule has 0 aliphatic heterocycles. The van der Waals surface area contributed by atoms with E-state index < -0.39 is 32.4 Å². The Hall–Kier alpha value is -0.980. The van der Waals surface area contributed by atoms with Gasteiger partial charge in [0.05, 0.1) is 12.8 Å². The van der Waals surface area contributed by atoms with Gasteiger partial charge in [-0.1, -0.05) is 0 Å². The molecule has 0 fully saturated rings.